The molecule has 6 heteroatoms. The van der Waals surface area contributed by atoms with Crippen LogP contribution in [0.15, 0.2) is 48.5 Å². The van der Waals surface area contributed by atoms with Gasteiger partial charge in [-0.3, -0.25) is 9.69 Å². The van der Waals surface area contributed by atoms with Gasteiger partial charge in [0, 0.05) is 32.3 Å². The van der Waals surface area contributed by atoms with Crippen LogP contribution in [0, 0.1) is 5.82 Å². The van der Waals surface area contributed by atoms with E-state index in [0.717, 1.165) is 62.3 Å². The molecule has 2 aliphatic rings. The van der Waals surface area contributed by atoms with Crippen LogP contribution in [0.3, 0.4) is 0 Å². The molecule has 5 nitrogen and oxygen atoms in total. The molecule has 0 spiro atoms. The molecule has 31 heavy (non-hydrogen) atoms. The number of ether oxygens (including phenoxy) is 2. The lowest BCUT2D eigenvalue weighted by molar-refractivity contribution is -0.123. The van der Waals surface area contributed by atoms with E-state index in [1.54, 1.807) is 12.1 Å². The quantitative estimate of drug-likeness (QED) is 0.665. The maximum Gasteiger partial charge on any atom is 0.230 e. The fraction of sp³-hybridized carbons (Fsp3) is 0.480. The summed E-state index contributed by atoms with van der Waals surface area (Å²) in [5.74, 6) is 0.533. The van der Waals surface area contributed by atoms with Gasteiger partial charge >= 0.3 is 0 Å². The molecule has 2 aromatic rings. The van der Waals surface area contributed by atoms with E-state index < -0.39 is 5.41 Å². The summed E-state index contributed by atoms with van der Waals surface area (Å²) in [5.41, 5.74) is 1.38. The van der Waals surface area contributed by atoms with E-state index in [0.29, 0.717) is 19.2 Å². The van der Waals surface area contributed by atoms with E-state index in [1.807, 2.05) is 24.3 Å². The van der Waals surface area contributed by atoms with Crippen LogP contribution in [0.25, 0.3) is 0 Å². The van der Waals surface area contributed by atoms with Gasteiger partial charge in [0.2, 0.25) is 5.91 Å². The van der Waals surface area contributed by atoms with Crippen LogP contribution < -0.4 is 10.1 Å². The Morgan fingerprint density at radius 1 is 1.19 bits per heavy atom. The molecule has 1 amide bonds. The second-order valence-corrected chi connectivity index (χ2v) is 8.59. The summed E-state index contributed by atoms with van der Waals surface area (Å²) in [6, 6.07) is 14.7. The number of rotatable bonds is 9. The third-order valence-corrected chi connectivity index (χ3v) is 6.46. The molecule has 166 valence electrons. The van der Waals surface area contributed by atoms with Crippen molar-refractivity contribution in [1.29, 1.82) is 0 Å². The van der Waals surface area contributed by atoms with Gasteiger partial charge in [0.1, 0.15) is 18.2 Å². The zero-order chi connectivity index (χ0) is 21.7. The lowest BCUT2D eigenvalue weighted by Crippen LogP contribution is -2.38. The van der Waals surface area contributed by atoms with Gasteiger partial charge in [0.15, 0.2) is 0 Å². The Hall–Kier alpha value is -2.44. The first-order chi connectivity index (χ1) is 15.1. The fourth-order valence-electron chi connectivity index (χ4n) is 4.25. The van der Waals surface area contributed by atoms with Crippen molar-refractivity contribution >= 4 is 5.91 Å². The average molecular weight is 427 g/mol. The number of likely N-dealkylation sites (N-methyl/N-ethyl adjacent to an activating group) is 1. The molecule has 1 heterocycles. The van der Waals surface area contributed by atoms with Crippen LogP contribution in [0.1, 0.15) is 36.8 Å². The van der Waals surface area contributed by atoms with Crippen molar-refractivity contribution in [2.24, 2.45) is 0 Å². The van der Waals surface area contributed by atoms with Crippen LogP contribution in [0.5, 0.6) is 5.75 Å². The van der Waals surface area contributed by atoms with Crippen molar-refractivity contribution in [1.82, 2.24) is 10.2 Å². The predicted octanol–water partition coefficient (Wildman–Crippen LogP) is 3.66. The van der Waals surface area contributed by atoms with Crippen molar-refractivity contribution in [3.63, 3.8) is 0 Å². The maximum atomic E-state index is 13.2. The number of hydrogen-bond donors (Lipinski definition) is 1. The van der Waals surface area contributed by atoms with Gasteiger partial charge in [-0.15, -0.1) is 0 Å². The van der Waals surface area contributed by atoms with E-state index in [4.69, 9.17) is 9.47 Å². The Morgan fingerprint density at radius 3 is 2.65 bits per heavy atom. The van der Waals surface area contributed by atoms with Crippen LogP contribution >= 0.6 is 0 Å². The number of nitrogens with one attached hydrogen (secondary N) is 1. The average Bonchev–Trinajstić information content (AvgIpc) is 3.61. The van der Waals surface area contributed by atoms with Crippen molar-refractivity contribution in [3.05, 3.63) is 65.5 Å². The number of hydrogen-bond acceptors (Lipinski definition) is 4. The highest BCUT2D eigenvalue weighted by Crippen LogP contribution is 2.48. The summed E-state index contributed by atoms with van der Waals surface area (Å²) < 4.78 is 24.6. The minimum atomic E-state index is -0.503. The molecule has 1 aliphatic carbocycles. The third-order valence-electron chi connectivity index (χ3n) is 6.46. The van der Waals surface area contributed by atoms with Crippen LogP contribution in [-0.2, 0) is 21.5 Å². The minimum absolute atomic E-state index is 0.00326. The second-order valence-electron chi connectivity index (χ2n) is 8.59. The van der Waals surface area contributed by atoms with Gasteiger partial charge in [-0.25, -0.2) is 4.39 Å². The van der Waals surface area contributed by atoms with E-state index in [-0.39, 0.29) is 11.7 Å². The SMILES string of the molecule is CN(CCOc1cccc(CNC(=O)C2(c3ccc(F)cc3)CC2)c1)C1CCOCC1. The minimum Gasteiger partial charge on any atom is -0.492 e. The summed E-state index contributed by atoms with van der Waals surface area (Å²) in [6.07, 6.45) is 3.75. The van der Waals surface area contributed by atoms with Crippen molar-refractivity contribution in [2.75, 3.05) is 33.4 Å². The first-order valence-corrected chi connectivity index (χ1v) is 11.1. The molecular formula is C25H31FN2O3. The van der Waals surface area contributed by atoms with Crippen LogP contribution in [0.2, 0.25) is 0 Å². The molecule has 0 aromatic heterocycles. The summed E-state index contributed by atoms with van der Waals surface area (Å²) in [4.78, 5) is 15.2. The van der Waals surface area contributed by atoms with E-state index in [2.05, 4.69) is 17.3 Å². The molecule has 0 bridgehead atoms. The van der Waals surface area contributed by atoms with Crippen molar-refractivity contribution in [2.45, 2.75) is 43.7 Å². The number of halogens is 1. The summed E-state index contributed by atoms with van der Waals surface area (Å²) in [5, 5.41) is 3.05. The zero-order valence-corrected chi connectivity index (χ0v) is 18.1. The molecule has 4 rings (SSSR count). The Morgan fingerprint density at radius 2 is 1.94 bits per heavy atom. The molecule has 1 aliphatic heterocycles. The molecule has 0 atom stereocenters. The van der Waals surface area contributed by atoms with Gasteiger partial charge in [-0.05, 0) is 68.1 Å². The fourth-order valence-corrected chi connectivity index (χ4v) is 4.25. The van der Waals surface area contributed by atoms with Gasteiger partial charge in [-0.2, -0.15) is 0 Å². The number of amides is 1. The maximum absolute atomic E-state index is 13.2. The Kier molecular flexibility index (Phi) is 6.88. The predicted molar refractivity (Wildman–Crippen MR) is 118 cm³/mol. The highest BCUT2D eigenvalue weighted by Gasteiger charge is 2.51. The molecule has 1 saturated carbocycles. The molecule has 0 unspecified atom stereocenters. The number of carbonyl (C=O) groups excluding carboxylic acids is 1. The molecule has 2 fully saturated rings. The Labute approximate surface area is 183 Å². The Balaban J connectivity index is 1.26. The highest BCUT2D eigenvalue weighted by molar-refractivity contribution is 5.91. The molecule has 1 N–H and O–H groups in total. The first kappa shape index (κ1) is 21.8. The summed E-state index contributed by atoms with van der Waals surface area (Å²) >= 11 is 0. The topological polar surface area (TPSA) is 50.8 Å². The zero-order valence-electron chi connectivity index (χ0n) is 18.1. The lowest BCUT2D eigenvalue weighted by Gasteiger charge is -2.31. The number of nitrogens with zero attached hydrogens (tertiary/aromatic N) is 1. The van der Waals surface area contributed by atoms with Gasteiger partial charge in [0.05, 0.1) is 5.41 Å². The standard InChI is InChI=1S/C25H31FN2O3/c1-28(22-9-14-30-15-10-22)13-16-31-23-4-2-3-19(17-23)18-27-24(29)25(11-12-25)20-5-7-21(26)8-6-20/h2-8,17,22H,9-16,18H2,1H3,(H,27,29). The summed E-state index contributed by atoms with van der Waals surface area (Å²) in [6.45, 7) is 3.61. The van der Waals surface area contributed by atoms with Gasteiger partial charge in [0.25, 0.3) is 0 Å². The third kappa shape index (κ3) is 5.43. The lowest BCUT2D eigenvalue weighted by atomic mass is 9.95. The van der Waals surface area contributed by atoms with E-state index >= 15 is 0 Å². The van der Waals surface area contributed by atoms with E-state index in [9.17, 15) is 9.18 Å². The second kappa shape index (κ2) is 9.79. The largest absolute Gasteiger partial charge is 0.492 e. The molecule has 0 radical (unpaired) electrons. The van der Waals surface area contributed by atoms with Gasteiger partial charge < -0.3 is 14.8 Å². The molecule has 1 saturated heterocycles. The molecular weight excluding hydrogens is 395 g/mol. The van der Waals surface area contributed by atoms with Crippen molar-refractivity contribution < 1.29 is 18.7 Å². The Bertz CT molecular complexity index is 877. The summed E-state index contributed by atoms with van der Waals surface area (Å²) in [7, 11) is 2.14. The van der Waals surface area contributed by atoms with Gasteiger partial charge in [-0.1, -0.05) is 24.3 Å². The number of carbonyl (C=O) groups is 1. The number of benzene rings is 2. The van der Waals surface area contributed by atoms with Crippen LogP contribution in [-0.4, -0.2) is 50.3 Å². The van der Waals surface area contributed by atoms with E-state index in [1.165, 1.54) is 12.1 Å². The monoisotopic (exact) mass is 426 g/mol. The smallest absolute Gasteiger partial charge is 0.230 e. The normalized spacial score (nSPS) is 18.0. The first-order valence-electron chi connectivity index (χ1n) is 11.1. The highest BCUT2D eigenvalue weighted by atomic mass is 19.1. The van der Waals surface area contributed by atoms with Crippen LogP contribution in [0.4, 0.5) is 4.39 Å². The van der Waals surface area contributed by atoms with Crippen molar-refractivity contribution in [3.8, 4) is 5.75 Å². The molecule has 2 aromatic carbocycles.